The Balaban J connectivity index is 2.42. The van der Waals surface area contributed by atoms with Crippen molar-refractivity contribution in [1.82, 2.24) is 5.32 Å². The molecular weight excluding hydrogens is 266 g/mol. The lowest BCUT2D eigenvalue weighted by Crippen LogP contribution is -2.33. The Morgan fingerprint density at radius 3 is 2.79 bits per heavy atom. The topological polar surface area (TPSA) is 39.7 Å². The van der Waals surface area contributed by atoms with Crippen molar-refractivity contribution in [2.45, 2.75) is 26.1 Å². The minimum Gasteiger partial charge on any atom is -0.493 e. The van der Waals surface area contributed by atoms with Crippen LogP contribution >= 0.6 is 11.6 Å². The molecule has 2 rings (SSSR count). The average molecular weight is 286 g/mol. The molecule has 1 aromatic rings. The van der Waals surface area contributed by atoms with Gasteiger partial charge >= 0.3 is 0 Å². The van der Waals surface area contributed by atoms with Gasteiger partial charge in [0.15, 0.2) is 11.5 Å². The van der Waals surface area contributed by atoms with Gasteiger partial charge in [-0.2, -0.15) is 0 Å². The van der Waals surface area contributed by atoms with E-state index in [9.17, 15) is 0 Å². The molecule has 0 bridgehead atoms. The molecule has 106 valence electrons. The number of hydrogen-bond donors (Lipinski definition) is 1. The molecule has 1 saturated heterocycles. The first-order valence-corrected chi connectivity index (χ1v) is 6.86. The molecule has 4 nitrogen and oxygen atoms in total. The van der Waals surface area contributed by atoms with Crippen LogP contribution in [0.25, 0.3) is 0 Å². The first kappa shape index (κ1) is 14.4. The lowest BCUT2D eigenvalue weighted by atomic mass is 10.1. The van der Waals surface area contributed by atoms with Crippen LogP contribution in [-0.2, 0) is 4.74 Å². The quantitative estimate of drug-likeness (QED) is 0.923. The summed E-state index contributed by atoms with van der Waals surface area (Å²) in [6.07, 6.45) is -0.0623. The Bertz CT molecular complexity index is 431. The third kappa shape index (κ3) is 3.32. The van der Waals surface area contributed by atoms with Gasteiger partial charge in [-0.05, 0) is 26.0 Å². The van der Waals surface area contributed by atoms with Crippen LogP contribution in [0.2, 0.25) is 5.02 Å². The molecule has 19 heavy (non-hydrogen) atoms. The minimum atomic E-state index is -0.106. The molecule has 0 amide bonds. The highest BCUT2D eigenvalue weighted by Crippen LogP contribution is 2.41. The molecule has 0 saturated carbocycles. The monoisotopic (exact) mass is 285 g/mol. The molecule has 1 heterocycles. The highest BCUT2D eigenvalue weighted by Gasteiger charge is 2.26. The summed E-state index contributed by atoms with van der Waals surface area (Å²) < 4.78 is 17.0. The van der Waals surface area contributed by atoms with Gasteiger partial charge in [0.05, 0.1) is 24.8 Å². The van der Waals surface area contributed by atoms with E-state index in [0.717, 1.165) is 18.7 Å². The van der Waals surface area contributed by atoms with E-state index in [4.69, 9.17) is 25.8 Å². The third-order valence-electron chi connectivity index (χ3n) is 2.93. The van der Waals surface area contributed by atoms with Gasteiger partial charge in [-0.25, -0.2) is 0 Å². The van der Waals surface area contributed by atoms with Gasteiger partial charge in [-0.1, -0.05) is 11.6 Å². The van der Waals surface area contributed by atoms with Crippen LogP contribution in [0, 0.1) is 0 Å². The van der Waals surface area contributed by atoms with Gasteiger partial charge < -0.3 is 19.5 Å². The van der Waals surface area contributed by atoms with Crippen LogP contribution in [0.1, 0.15) is 25.5 Å². The van der Waals surface area contributed by atoms with Gasteiger partial charge in [-0.15, -0.1) is 0 Å². The van der Waals surface area contributed by atoms with E-state index in [1.165, 1.54) is 0 Å². The Labute approximate surface area is 119 Å². The maximum Gasteiger partial charge on any atom is 0.168 e. The maximum absolute atomic E-state index is 6.33. The molecule has 1 aromatic carbocycles. The maximum atomic E-state index is 6.33. The molecule has 5 heteroatoms. The standard InChI is InChI=1S/C14H20ClNO3/c1-9(2)19-14-11(17-3)5-4-10(15)13(14)12-8-16-6-7-18-12/h4-5,9,12,16H,6-8H2,1-3H3. The number of methoxy groups -OCH3 is 1. The summed E-state index contributed by atoms with van der Waals surface area (Å²) in [6, 6.07) is 3.64. The molecule has 1 aliphatic heterocycles. The van der Waals surface area contributed by atoms with Crippen LogP contribution in [0.5, 0.6) is 11.5 Å². The summed E-state index contributed by atoms with van der Waals surface area (Å²) >= 11 is 6.33. The Morgan fingerprint density at radius 2 is 2.21 bits per heavy atom. The Kier molecular flexibility index (Phi) is 4.91. The van der Waals surface area contributed by atoms with Crippen molar-refractivity contribution < 1.29 is 14.2 Å². The highest BCUT2D eigenvalue weighted by atomic mass is 35.5. The fraction of sp³-hybridized carbons (Fsp3) is 0.571. The molecule has 1 fully saturated rings. The number of hydrogen-bond acceptors (Lipinski definition) is 4. The van der Waals surface area contributed by atoms with Crippen LogP contribution in [-0.4, -0.2) is 32.9 Å². The molecule has 1 N–H and O–H groups in total. The highest BCUT2D eigenvalue weighted by molar-refractivity contribution is 6.31. The van der Waals surface area contributed by atoms with Gasteiger partial charge in [0.1, 0.15) is 6.10 Å². The first-order valence-electron chi connectivity index (χ1n) is 6.48. The van der Waals surface area contributed by atoms with E-state index in [-0.39, 0.29) is 12.2 Å². The Hall–Kier alpha value is -0.970. The summed E-state index contributed by atoms with van der Waals surface area (Å²) in [6.45, 7) is 6.20. The zero-order chi connectivity index (χ0) is 13.8. The van der Waals surface area contributed by atoms with E-state index in [2.05, 4.69) is 5.32 Å². The predicted octanol–water partition coefficient (Wildman–Crippen LogP) is 2.80. The van der Waals surface area contributed by atoms with E-state index >= 15 is 0 Å². The summed E-state index contributed by atoms with van der Waals surface area (Å²) in [5.74, 6) is 1.36. The van der Waals surface area contributed by atoms with Crippen molar-refractivity contribution in [1.29, 1.82) is 0 Å². The third-order valence-corrected chi connectivity index (χ3v) is 3.26. The van der Waals surface area contributed by atoms with Crippen molar-refractivity contribution in [2.75, 3.05) is 26.8 Å². The molecule has 1 unspecified atom stereocenters. The molecule has 0 spiro atoms. The number of nitrogens with one attached hydrogen (secondary N) is 1. The van der Waals surface area contributed by atoms with Crippen molar-refractivity contribution in [3.8, 4) is 11.5 Å². The SMILES string of the molecule is COc1ccc(Cl)c(C2CNCCO2)c1OC(C)C. The van der Waals surface area contributed by atoms with Crippen LogP contribution in [0.3, 0.4) is 0 Å². The predicted molar refractivity (Wildman–Crippen MR) is 75.3 cm³/mol. The molecule has 0 aliphatic carbocycles. The molecular formula is C14H20ClNO3. The zero-order valence-corrected chi connectivity index (χ0v) is 12.3. The average Bonchev–Trinajstić information content (AvgIpc) is 2.39. The van der Waals surface area contributed by atoms with Gasteiger partial charge in [0, 0.05) is 18.7 Å². The van der Waals surface area contributed by atoms with E-state index in [1.807, 2.05) is 26.0 Å². The smallest absolute Gasteiger partial charge is 0.168 e. The lowest BCUT2D eigenvalue weighted by Gasteiger charge is -2.28. The number of morpholine rings is 1. The number of halogens is 1. The van der Waals surface area contributed by atoms with E-state index < -0.39 is 0 Å². The van der Waals surface area contributed by atoms with Gasteiger partial charge in [0.2, 0.25) is 0 Å². The van der Waals surface area contributed by atoms with Crippen molar-refractivity contribution in [2.24, 2.45) is 0 Å². The fourth-order valence-electron chi connectivity index (χ4n) is 2.12. The van der Waals surface area contributed by atoms with Crippen LogP contribution < -0.4 is 14.8 Å². The summed E-state index contributed by atoms with van der Waals surface area (Å²) in [4.78, 5) is 0. The molecule has 1 aliphatic rings. The second kappa shape index (κ2) is 6.46. The van der Waals surface area contributed by atoms with E-state index in [1.54, 1.807) is 7.11 Å². The van der Waals surface area contributed by atoms with Gasteiger partial charge in [-0.3, -0.25) is 0 Å². The Morgan fingerprint density at radius 1 is 1.42 bits per heavy atom. The second-order valence-corrected chi connectivity index (χ2v) is 5.13. The number of ether oxygens (including phenoxy) is 3. The number of benzene rings is 1. The summed E-state index contributed by atoms with van der Waals surface area (Å²) in [5.41, 5.74) is 0.863. The molecule has 1 atom stereocenters. The van der Waals surface area contributed by atoms with Crippen LogP contribution in [0.4, 0.5) is 0 Å². The largest absolute Gasteiger partial charge is 0.493 e. The summed E-state index contributed by atoms with van der Waals surface area (Å²) in [5, 5.41) is 3.94. The lowest BCUT2D eigenvalue weighted by molar-refractivity contribution is 0.0251. The van der Waals surface area contributed by atoms with Crippen molar-refractivity contribution in [3.05, 3.63) is 22.7 Å². The minimum absolute atomic E-state index is 0.0441. The van der Waals surface area contributed by atoms with E-state index in [0.29, 0.717) is 23.1 Å². The van der Waals surface area contributed by atoms with Crippen LogP contribution in [0.15, 0.2) is 12.1 Å². The van der Waals surface area contributed by atoms with Crippen molar-refractivity contribution in [3.63, 3.8) is 0 Å². The molecule has 0 radical (unpaired) electrons. The summed E-state index contributed by atoms with van der Waals surface area (Å²) in [7, 11) is 1.63. The zero-order valence-electron chi connectivity index (χ0n) is 11.5. The fourth-order valence-corrected chi connectivity index (χ4v) is 2.39. The first-order chi connectivity index (χ1) is 9.13. The van der Waals surface area contributed by atoms with Crippen molar-refractivity contribution >= 4 is 11.6 Å². The second-order valence-electron chi connectivity index (χ2n) is 4.72. The molecule has 0 aromatic heterocycles. The normalized spacial score (nSPS) is 19.5. The van der Waals surface area contributed by atoms with Gasteiger partial charge in [0.25, 0.3) is 0 Å². The number of rotatable bonds is 4.